The molecule has 0 aliphatic heterocycles. The van der Waals surface area contributed by atoms with Crippen molar-refractivity contribution < 1.29 is 19.1 Å². The normalized spacial score (nSPS) is 10.4. The van der Waals surface area contributed by atoms with Gasteiger partial charge in [0, 0.05) is 11.6 Å². The molecule has 0 saturated carbocycles. The van der Waals surface area contributed by atoms with Crippen LogP contribution in [0.1, 0.15) is 15.9 Å². The second-order valence-electron chi connectivity index (χ2n) is 4.52. The first-order valence-electron chi connectivity index (χ1n) is 6.76. The van der Waals surface area contributed by atoms with E-state index in [2.05, 4.69) is 4.74 Å². The zero-order valence-corrected chi connectivity index (χ0v) is 12.2. The van der Waals surface area contributed by atoms with Gasteiger partial charge in [-0.3, -0.25) is 4.79 Å². The van der Waals surface area contributed by atoms with Crippen molar-refractivity contribution in [2.45, 2.75) is 6.61 Å². The lowest BCUT2D eigenvalue weighted by molar-refractivity contribution is -0.134. The fraction of sp³-hybridized carbons (Fsp3) is 0.111. The number of benzene rings is 2. The Kier molecular flexibility index (Phi) is 5.49. The highest BCUT2D eigenvalue weighted by molar-refractivity contribution is 6.07. The summed E-state index contributed by atoms with van der Waals surface area (Å²) >= 11 is 0. The summed E-state index contributed by atoms with van der Waals surface area (Å²) in [7, 11) is 1.26. The van der Waals surface area contributed by atoms with Crippen molar-refractivity contribution in [3.8, 4) is 5.75 Å². The summed E-state index contributed by atoms with van der Waals surface area (Å²) in [4.78, 5) is 22.8. The maximum Gasteiger partial charge on any atom is 0.330 e. The molecule has 0 aliphatic carbocycles. The molecule has 0 saturated heterocycles. The molecule has 112 valence electrons. The van der Waals surface area contributed by atoms with Crippen LogP contribution in [0, 0.1) is 0 Å². The quantitative estimate of drug-likeness (QED) is 0.467. The third-order valence-electron chi connectivity index (χ3n) is 2.96. The van der Waals surface area contributed by atoms with Crippen molar-refractivity contribution in [2.24, 2.45) is 0 Å². The Labute approximate surface area is 129 Å². The number of carbonyl (C=O) groups is 2. The monoisotopic (exact) mass is 296 g/mol. The number of allylic oxidation sites excluding steroid dienone is 1. The summed E-state index contributed by atoms with van der Waals surface area (Å²) in [5, 5.41) is 0. The van der Waals surface area contributed by atoms with E-state index in [0.717, 1.165) is 11.6 Å². The Morgan fingerprint density at radius 2 is 1.64 bits per heavy atom. The highest BCUT2D eigenvalue weighted by Crippen LogP contribution is 2.15. The zero-order chi connectivity index (χ0) is 15.8. The van der Waals surface area contributed by atoms with Gasteiger partial charge in [0.2, 0.25) is 0 Å². The molecule has 4 heteroatoms. The first-order valence-corrected chi connectivity index (χ1v) is 6.76. The van der Waals surface area contributed by atoms with Crippen molar-refractivity contribution in [3.05, 3.63) is 77.9 Å². The van der Waals surface area contributed by atoms with Crippen LogP contribution >= 0.6 is 0 Å². The lowest BCUT2D eigenvalue weighted by Crippen LogP contribution is -1.99. The van der Waals surface area contributed by atoms with Gasteiger partial charge in [-0.15, -0.1) is 0 Å². The van der Waals surface area contributed by atoms with E-state index in [4.69, 9.17) is 4.74 Å². The molecule has 0 aliphatic rings. The van der Waals surface area contributed by atoms with Crippen LogP contribution in [0.2, 0.25) is 0 Å². The number of hydrogen-bond acceptors (Lipinski definition) is 4. The number of carbonyl (C=O) groups excluding carboxylic acids is 2. The van der Waals surface area contributed by atoms with Crippen LogP contribution in [0.5, 0.6) is 5.75 Å². The van der Waals surface area contributed by atoms with Crippen LogP contribution in [0.3, 0.4) is 0 Å². The molecule has 2 aromatic carbocycles. The van der Waals surface area contributed by atoms with E-state index in [1.807, 2.05) is 30.3 Å². The fourth-order valence-electron chi connectivity index (χ4n) is 1.76. The summed E-state index contributed by atoms with van der Waals surface area (Å²) in [6.07, 6.45) is 2.29. The molecule has 4 nitrogen and oxygen atoms in total. The van der Waals surface area contributed by atoms with Gasteiger partial charge in [0.1, 0.15) is 12.4 Å². The van der Waals surface area contributed by atoms with Crippen molar-refractivity contribution >= 4 is 11.8 Å². The molecule has 0 spiro atoms. The molecule has 0 fully saturated rings. The minimum absolute atomic E-state index is 0.264. The summed E-state index contributed by atoms with van der Waals surface area (Å²) in [5.41, 5.74) is 1.55. The third kappa shape index (κ3) is 4.59. The van der Waals surface area contributed by atoms with E-state index in [0.29, 0.717) is 17.9 Å². The van der Waals surface area contributed by atoms with Crippen molar-refractivity contribution in [1.82, 2.24) is 0 Å². The fourth-order valence-corrected chi connectivity index (χ4v) is 1.76. The van der Waals surface area contributed by atoms with Gasteiger partial charge in [-0.1, -0.05) is 30.3 Å². The number of methoxy groups -OCH3 is 1. The standard InChI is InChI=1S/C18H16O4/c1-21-18(20)12-11-17(19)15-7-9-16(10-8-15)22-13-14-5-3-2-4-6-14/h2-12H,13H2,1H3/b12-11+. The molecule has 2 rings (SSSR count). The Balaban J connectivity index is 1.94. The minimum atomic E-state index is -0.559. The molecule has 22 heavy (non-hydrogen) atoms. The van der Waals surface area contributed by atoms with Crippen LogP contribution in [-0.2, 0) is 16.1 Å². The van der Waals surface area contributed by atoms with E-state index in [-0.39, 0.29) is 5.78 Å². The number of rotatable bonds is 6. The van der Waals surface area contributed by atoms with Crippen molar-refractivity contribution in [2.75, 3.05) is 7.11 Å². The third-order valence-corrected chi connectivity index (χ3v) is 2.96. The molecule has 0 amide bonds. The largest absolute Gasteiger partial charge is 0.489 e. The molecular weight excluding hydrogens is 280 g/mol. The van der Waals surface area contributed by atoms with Gasteiger partial charge in [-0.2, -0.15) is 0 Å². The van der Waals surface area contributed by atoms with E-state index >= 15 is 0 Å². The predicted molar refractivity (Wildman–Crippen MR) is 82.7 cm³/mol. The van der Waals surface area contributed by atoms with E-state index < -0.39 is 5.97 Å². The van der Waals surface area contributed by atoms with Crippen molar-refractivity contribution in [3.63, 3.8) is 0 Å². The molecule has 0 aromatic heterocycles. The smallest absolute Gasteiger partial charge is 0.330 e. The molecular formula is C18H16O4. The summed E-state index contributed by atoms with van der Waals surface area (Å²) in [5.74, 6) is -0.145. The first-order chi connectivity index (χ1) is 10.7. The molecule has 2 aromatic rings. The molecule has 0 radical (unpaired) electrons. The van der Waals surface area contributed by atoms with Crippen LogP contribution in [0.4, 0.5) is 0 Å². The second-order valence-corrected chi connectivity index (χ2v) is 4.52. The SMILES string of the molecule is COC(=O)/C=C/C(=O)c1ccc(OCc2ccccc2)cc1. The Hall–Kier alpha value is -2.88. The Bertz CT molecular complexity index is 657. The van der Waals surface area contributed by atoms with Crippen LogP contribution in [0.25, 0.3) is 0 Å². The van der Waals surface area contributed by atoms with Gasteiger partial charge < -0.3 is 9.47 Å². The van der Waals surface area contributed by atoms with E-state index in [1.165, 1.54) is 13.2 Å². The van der Waals surface area contributed by atoms with E-state index in [9.17, 15) is 9.59 Å². The average molecular weight is 296 g/mol. The topological polar surface area (TPSA) is 52.6 Å². The van der Waals surface area contributed by atoms with Crippen LogP contribution < -0.4 is 4.74 Å². The van der Waals surface area contributed by atoms with Gasteiger partial charge in [-0.05, 0) is 35.9 Å². The molecule has 0 N–H and O–H groups in total. The number of hydrogen-bond donors (Lipinski definition) is 0. The molecule has 0 unspecified atom stereocenters. The molecule has 0 bridgehead atoms. The number of esters is 1. The molecule has 0 atom stereocenters. The van der Waals surface area contributed by atoms with Gasteiger partial charge in [0.15, 0.2) is 5.78 Å². The first kappa shape index (κ1) is 15.5. The average Bonchev–Trinajstić information content (AvgIpc) is 2.59. The van der Waals surface area contributed by atoms with Gasteiger partial charge in [0.05, 0.1) is 7.11 Å². The molecule has 0 heterocycles. The summed E-state index contributed by atoms with van der Waals surface area (Å²) in [6.45, 7) is 0.469. The zero-order valence-electron chi connectivity index (χ0n) is 12.2. The van der Waals surface area contributed by atoms with Crippen molar-refractivity contribution in [1.29, 1.82) is 0 Å². The highest BCUT2D eigenvalue weighted by Gasteiger charge is 2.03. The highest BCUT2D eigenvalue weighted by atomic mass is 16.5. The van der Waals surface area contributed by atoms with Gasteiger partial charge in [-0.25, -0.2) is 4.79 Å². The van der Waals surface area contributed by atoms with Crippen LogP contribution in [0.15, 0.2) is 66.7 Å². The maximum atomic E-state index is 11.8. The second kappa shape index (κ2) is 7.78. The van der Waals surface area contributed by atoms with Crippen LogP contribution in [-0.4, -0.2) is 18.9 Å². The Morgan fingerprint density at radius 1 is 0.955 bits per heavy atom. The number of ether oxygens (including phenoxy) is 2. The lowest BCUT2D eigenvalue weighted by Gasteiger charge is -2.06. The maximum absolute atomic E-state index is 11.8. The van der Waals surface area contributed by atoms with Gasteiger partial charge >= 0.3 is 5.97 Å². The summed E-state index contributed by atoms with van der Waals surface area (Å²) < 4.78 is 10.1. The summed E-state index contributed by atoms with van der Waals surface area (Å²) in [6, 6.07) is 16.6. The Morgan fingerprint density at radius 3 is 2.27 bits per heavy atom. The number of ketones is 1. The minimum Gasteiger partial charge on any atom is -0.489 e. The lowest BCUT2D eigenvalue weighted by atomic mass is 10.1. The van der Waals surface area contributed by atoms with E-state index in [1.54, 1.807) is 24.3 Å². The predicted octanol–water partition coefficient (Wildman–Crippen LogP) is 3.18. The van der Waals surface area contributed by atoms with Gasteiger partial charge in [0.25, 0.3) is 0 Å².